The Morgan fingerprint density at radius 3 is 1.71 bits per heavy atom. The first-order chi connectivity index (χ1) is 15.3. The van der Waals surface area contributed by atoms with E-state index in [2.05, 4.69) is 93.7 Å². The molecule has 0 saturated heterocycles. The van der Waals surface area contributed by atoms with Gasteiger partial charge in [-0.25, -0.2) is 4.98 Å². The number of nitrogens with zero attached hydrogens (tertiary/aromatic N) is 2. The fourth-order valence-corrected chi connectivity index (χ4v) is 3.86. The average Bonchev–Trinajstić information content (AvgIpc) is 2.85. The van der Waals surface area contributed by atoms with Gasteiger partial charge in [-0.1, -0.05) is 88.7 Å². The first-order valence-electron chi connectivity index (χ1n) is 10.1. The molecule has 31 heavy (non-hydrogen) atoms. The lowest BCUT2D eigenvalue weighted by Crippen LogP contribution is -1.92. The third-order valence-corrected chi connectivity index (χ3v) is 5.75. The smallest absolute Gasteiger partial charge is 0.0899 e. The molecule has 0 aliphatic carbocycles. The number of rotatable bonds is 4. The third kappa shape index (κ3) is 4.32. The van der Waals surface area contributed by atoms with Crippen molar-refractivity contribution in [1.82, 2.24) is 9.97 Å². The number of aromatic nitrogens is 2. The Morgan fingerprint density at radius 2 is 1.03 bits per heavy atom. The van der Waals surface area contributed by atoms with Gasteiger partial charge in [-0.2, -0.15) is 0 Å². The monoisotopic (exact) mass is 462 g/mol. The normalized spacial score (nSPS) is 10.7. The van der Waals surface area contributed by atoms with Crippen LogP contribution < -0.4 is 0 Å². The Hall–Kier alpha value is -3.56. The molecule has 0 fully saturated rings. The Morgan fingerprint density at radius 1 is 0.452 bits per heavy atom. The molecule has 0 bridgehead atoms. The summed E-state index contributed by atoms with van der Waals surface area (Å²) in [5, 5.41) is 0. The van der Waals surface area contributed by atoms with E-state index in [1.54, 1.807) is 6.20 Å². The maximum atomic E-state index is 4.92. The van der Waals surface area contributed by atoms with E-state index in [-0.39, 0.29) is 0 Å². The van der Waals surface area contributed by atoms with Crippen LogP contribution in [0, 0.1) is 0 Å². The van der Waals surface area contributed by atoms with Crippen molar-refractivity contribution in [2.24, 2.45) is 0 Å². The summed E-state index contributed by atoms with van der Waals surface area (Å²) in [5.41, 5.74) is 8.42. The van der Waals surface area contributed by atoms with Crippen LogP contribution in [0.4, 0.5) is 0 Å². The molecule has 0 amide bonds. The lowest BCUT2D eigenvalue weighted by Gasteiger charge is -2.11. The van der Waals surface area contributed by atoms with Crippen LogP contribution in [0.2, 0.25) is 0 Å². The van der Waals surface area contributed by atoms with Crippen LogP contribution >= 0.6 is 15.9 Å². The largest absolute Gasteiger partial charge is 0.255 e. The quantitative estimate of drug-likeness (QED) is 0.271. The maximum absolute atomic E-state index is 4.92. The summed E-state index contributed by atoms with van der Waals surface area (Å²) in [4.78, 5) is 9.43. The molecular weight excluding hydrogens is 444 g/mol. The molecule has 5 aromatic rings. The minimum absolute atomic E-state index is 0.864. The molecular formula is C28H19BrN2. The van der Waals surface area contributed by atoms with Crippen LogP contribution in [0.5, 0.6) is 0 Å². The summed E-state index contributed by atoms with van der Waals surface area (Å²) in [6, 6.07) is 37.5. The van der Waals surface area contributed by atoms with Crippen molar-refractivity contribution in [3.05, 3.63) is 120 Å². The van der Waals surface area contributed by atoms with Crippen molar-refractivity contribution < 1.29 is 0 Å². The second-order valence-electron chi connectivity index (χ2n) is 7.29. The van der Waals surface area contributed by atoms with Crippen LogP contribution in [-0.2, 0) is 0 Å². The molecule has 2 nitrogen and oxygen atoms in total. The average molecular weight is 463 g/mol. The molecule has 148 valence electrons. The van der Waals surface area contributed by atoms with Gasteiger partial charge in [0.1, 0.15) is 0 Å². The van der Waals surface area contributed by atoms with Crippen LogP contribution in [-0.4, -0.2) is 9.97 Å². The number of hydrogen-bond donors (Lipinski definition) is 0. The van der Waals surface area contributed by atoms with Crippen LogP contribution in [0.1, 0.15) is 0 Å². The lowest BCUT2D eigenvalue weighted by atomic mass is 9.98. The fourth-order valence-electron chi connectivity index (χ4n) is 3.60. The Labute approximate surface area is 190 Å². The van der Waals surface area contributed by atoms with E-state index in [0.717, 1.165) is 38.2 Å². The summed E-state index contributed by atoms with van der Waals surface area (Å²) in [7, 11) is 0. The van der Waals surface area contributed by atoms with Crippen LogP contribution in [0.3, 0.4) is 0 Å². The Kier molecular flexibility index (Phi) is 5.42. The van der Waals surface area contributed by atoms with Crippen molar-refractivity contribution in [3.8, 4) is 44.9 Å². The summed E-state index contributed by atoms with van der Waals surface area (Å²) >= 11 is 3.52. The predicted octanol–water partition coefficient (Wildman–Crippen LogP) is 7.91. The van der Waals surface area contributed by atoms with E-state index in [1.807, 2.05) is 36.4 Å². The highest BCUT2D eigenvalue weighted by Crippen LogP contribution is 2.31. The maximum Gasteiger partial charge on any atom is 0.0899 e. The fraction of sp³-hybridized carbons (Fsp3) is 0. The van der Waals surface area contributed by atoms with E-state index in [1.165, 1.54) is 11.1 Å². The molecule has 5 rings (SSSR count). The first kappa shape index (κ1) is 19.4. The molecule has 2 aromatic heterocycles. The minimum atomic E-state index is 0.864. The standard InChI is InChI=1S/C28H19BrN2/c29-25-15-13-23(14-16-25)27-18-24(19-28(31-27)26-8-4-5-17-30-26)22-11-9-21(10-12-22)20-6-2-1-3-7-20/h1-19H. The van der Waals surface area contributed by atoms with Gasteiger partial charge in [0.25, 0.3) is 0 Å². The van der Waals surface area contributed by atoms with Gasteiger partial charge in [-0.3, -0.25) is 4.98 Å². The number of halogens is 1. The molecule has 0 radical (unpaired) electrons. The summed E-state index contributed by atoms with van der Waals surface area (Å²) < 4.78 is 1.05. The van der Waals surface area contributed by atoms with Crippen molar-refractivity contribution in [2.45, 2.75) is 0 Å². The highest BCUT2D eigenvalue weighted by molar-refractivity contribution is 9.10. The summed E-state index contributed by atoms with van der Waals surface area (Å²) in [5.74, 6) is 0. The molecule has 0 spiro atoms. The van der Waals surface area contributed by atoms with Crippen molar-refractivity contribution in [1.29, 1.82) is 0 Å². The number of benzene rings is 3. The molecule has 0 unspecified atom stereocenters. The van der Waals surface area contributed by atoms with Crippen LogP contribution in [0.25, 0.3) is 44.9 Å². The van der Waals surface area contributed by atoms with E-state index in [9.17, 15) is 0 Å². The summed E-state index contributed by atoms with van der Waals surface area (Å²) in [6.45, 7) is 0. The second-order valence-corrected chi connectivity index (χ2v) is 8.21. The molecule has 3 heteroatoms. The molecule has 0 saturated carbocycles. The number of pyridine rings is 2. The van der Waals surface area contributed by atoms with Crippen LogP contribution in [0.15, 0.2) is 120 Å². The summed E-state index contributed by atoms with van der Waals surface area (Å²) in [6.07, 6.45) is 1.80. The molecule has 0 atom stereocenters. The van der Waals surface area contributed by atoms with Gasteiger partial charge >= 0.3 is 0 Å². The van der Waals surface area contributed by atoms with E-state index in [4.69, 9.17) is 4.98 Å². The zero-order valence-electron chi connectivity index (χ0n) is 16.7. The van der Waals surface area contributed by atoms with E-state index < -0.39 is 0 Å². The predicted molar refractivity (Wildman–Crippen MR) is 131 cm³/mol. The Balaban J connectivity index is 1.60. The van der Waals surface area contributed by atoms with Gasteiger partial charge in [-0.05, 0) is 58.7 Å². The molecule has 0 aliphatic heterocycles. The highest BCUT2D eigenvalue weighted by Gasteiger charge is 2.10. The van der Waals surface area contributed by atoms with E-state index in [0.29, 0.717) is 0 Å². The van der Waals surface area contributed by atoms with Gasteiger partial charge in [0.2, 0.25) is 0 Å². The molecule has 0 aliphatic rings. The van der Waals surface area contributed by atoms with Crippen molar-refractivity contribution in [2.75, 3.05) is 0 Å². The topological polar surface area (TPSA) is 25.8 Å². The molecule has 2 heterocycles. The van der Waals surface area contributed by atoms with Gasteiger partial charge in [0.05, 0.1) is 17.1 Å². The zero-order valence-corrected chi connectivity index (χ0v) is 18.3. The Bertz CT molecular complexity index is 1300. The minimum Gasteiger partial charge on any atom is -0.255 e. The molecule has 3 aromatic carbocycles. The first-order valence-corrected chi connectivity index (χ1v) is 10.9. The van der Waals surface area contributed by atoms with E-state index >= 15 is 0 Å². The van der Waals surface area contributed by atoms with Crippen molar-refractivity contribution >= 4 is 15.9 Å². The van der Waals surface area contributed by atoms with Crippen molar-refractivity contribution in [3.63, 3.8) is 0 Å². The third-order valence-electron chi connectivity index (χ3n) is 5.22. The number of hydrogen-bond acceptors (Lipinski definition) is 2. The van der Waals surface area contributed by atoms with Gasteiger partial charge in [0, 0.05) is 16.2 Å². The second kappa shape index (κ2) is 8.66. The van der Waals surface area contributed by atoms with Gasteiger partial charge in [0.15, 0.2) is 0 Å². The lowest BCUT2D eigenvalue weighted by molar-refractivity contribution is 1.25. The van der Waals surface area contributed by atoms with Gasteiger partial charge in [-0.15, -0.1) is 0 Å². The highest BCUT2D eigenvalue weighted by atomic mass is 79.9. The SMILES string of the molecule is Brc1ccc(-c2cc(-c3ccc(-c4ccccc4)cc3)cc(-c3ccccn3)n2)cc1. The zero-order chi connectivity index (χ0) is 21.0. The molecule has 0 N–H and O–H groups in total. The van der Waals surface area contributed by atoms with Gasteiger partial charge < -0.3 is 0 Å².